The van der Waals surface area contributed by atoms with Crippen LogP contribution >= 0.6 is 0 Å². The number of amides is 1. The average Bonchev–Trinajstić information content (AvgIpc) is 3.23. The topological polar surface area (TPSA) is 69.6 Å². The van der Waals surface area contributed by atoms with E-state index < -0.39 is 12.1 Å². The number of nitrogens with one attached hydrogen (secondary N) is 1. The molecule has 0 saturated heterocycles. The van der Waals surface area contributed by atoms with Crippen molar-refractivity contribution in [3.05, 3.63) is 12.2 Å². The molecular formula is C54H107NO3. The van der Waals surface area contributed by atoms with Gasteiger partial charge in [0.05, 0.1) is 18.8 Å². The molecule has 0 aliphatic heterocycles. The Bertz CT molecular complexity index is 799. The Hall–Kier alpha value is -0.870. The van der Waals surface area contributed by atoms with Crippen molar-refractivity contribution in [1.29, 1.82) is 0 Å². The van der Waals surface area contributed by atoms with Gasteiger partial charge in [-0.2, -0.15) is 0 Å². The van der Waals surface area contributed by atoms with Gasteiger partial charge in [-0.1, -0.05) is 276 Å². The average molecular weight is 818 g/mol. The summed E-state index contributed by atoms with van der Waals surface area (Å²) in [5.41, 5.74) is 0. The summed E-state index contributed by atoms with van der Waals surface area (Å²) in [7, 11) is 0. The van der Waals surface area contributed by atoms with Gasteiger partial charge in [0.1, 0.15) is 0 Å². The molecule has 0 fully saturated rings. The molecule has 0 rings (SSSR count). The summed E-state index contributed by atoms with van der Waals surface area (Å²) in [5.74, 6) is -0.0271. The van der Waals surface area contributed by atoms with Gasteiger partial charge in [0.2, 0.25) is 5.91 Å². The van der Waals surface area contributed by atoms with Crippen molar-refractivity contribution in [2.45, 2.75) is 321 Å². The van der Waals surface area contributed by atoms with Gasteiger partial charge in [-0.3, -0.25) is 4.79 Å². The van der Waals surface area contributed by atoms with Crippen LogP contribution in [-0.2, 0) is 4.79 Å². The van der Waals surface area contributed by atoms with Crippen LogP contribution in [0.25, 0.3) is 0 Å². The fourth-order valence-corrected chi connectivity index (χ4v) is 8.65. The van der Waals surface area contributed by atoms with E-state index >= 15 is 0 Å². The highest BCUT2D eigenvalue weighted by atomic mass is 16.3. The van der Waals surface area contributed by atoms with Gasteiger partial charge in [-0.25, -0.2) is 0 Å². The molecule has 2 unspecified atom stereocenters. The molecule has 3 N–H and O–H groups in total. The van der Waals surface area contributed by atoms with Crippen LogP contribution in [0, 0.1) is 0 Å². The fourth-order valence-electron chi connectivity index (χ4n) is 8.65. The molecule has 0 spiro atoms. The van der Waals surface area contributed by atoms with E-state index in [4.69, 9.17) is 0 Å². The zero-order chi connectivity index (χ0) is 42.1. The highest BCUT2D eigenvalue weighted by Crippen LogP contribution is 2.17. The maximum Gasteiger partial charge on any atom is 0.220 e. The Balaban J connectivity index is 3.35. The summed E-state index contributed by atoms with van der Waals surface area (Å²) in [4.78, 5) is 12.4. The van der Waals surface area contributed by atoms with Crippen molar-refractivity contribution in [2.75, 3.05) is 6.61 Å². The van der Waals surface area contributed by atoms with Gasteiger partial charge in [0.25, 0.3) is 0 Å². The summed E-state index contributed by atoms with van der Waals surface area (Å²) in [6.07, 6.45) is 64.9. The summed E-state index contributed by atoms with van der Waals surface area (Å²) in [6.45, 7) is 4.37. The zero-order valence-electron chi connectivity index (χ0n) is 39.8. The van der Waals surface area contributed by atoms with Crippen LogP contribution in [0.2, 0.25) is 0 Å². The van der Waals surface area contributed by atoms with Crippen LogP contribution in [0.5, 0.6) is 0 Å². The molecule has 0 bridgehead atoms. The molecule has 2 atom stereocenters. The zero-order valence-corrected chi connectivity index (χ0v) is 39.8. The van der Waals surface area contributed by atoms with Crippen LogP contribution < -0.4 is 5.32 Å². The first-order chi connectivity index (χ1) is 28.7. The number of aliphatic hydroxyl groups excluding tert-OH is 2. The quantitative estimate of drug-likeness (QED) is 0.0423. The molecule has 4 heteroatoms. The Labute approximate surface area is 365 Å². The van der Waals surface area contributed by atoms with Gasteiger partial charge < -0.3 is 15.5 Å². The maximum atomic E-state index is 12.4. The third-order valence-corrected chi connectivity index (χ3v) is 12.8. The minimum absolute atomic E-state index is 0.0271. The second-order valence-electron chi connectivity index (χ2n) is 18.7. The molecule has 1 amide bonds. The normalized spacial score (nSPS) is 12.8. The maximum absolute atomic E-state index is 12.4. The molecule has 0 heterocycles. The molecule has 0 aromatic carbocycles. The lowest BCUT2D eigenvalue weighted by atomic mass is 10.0. The van der Waals surface area contributed by atoms with Gasteiger partial charge in [-0.05, 0) is 38.5 Å². The highest BCUT2D eigenvalue weighted by molar-refractivity contribution is 5.76. The number of hydrogen-bond acceptors (Lipinski definition) is 3. The number of hydrogen-bond donors (Lipinski definition) is 3. The molecule has 346 valence electrons. The molecule has 0 radical (unpaired) electrons. The number of allylic oxidation sites excluding steroid dienone is 2. The smallest absolute Gasteiger partial charge is 0.220 e. The standard InChI is InChI=1S/C54H107NO3/c1-3-5-7-9-11-13-15-16-17-18-19-20-21-22-23-24-25-26-27-28-29-30-31-32-33-34-35-36-37-38-40-42-44-46-48-50-54(58)55-52(51-56)53(57)49-47-45-43-41-39-14-12-10-8-6-4-2/h24-25,52-53,56-57H,3-23,26-51H2,1-2H3,(H,55,58)/b25-24-. The van der Waals surface area contributed by atoms with E-state index in [0.29, 0.717) is 12.8 Å². The second-order valence-corrected chi connectivity index (χ2v) is 18.7. The minimum atomic E-state index is -0.654. The van der Waals surface area contributed by atoms with E-state index in [1.165, 1.54) is 257 Å². The third-order valence-electron chi connectivity index (χ3n) is 12.8. The van der Waals surface area contributed by atoms with Gasteiger partial charge >= 0.3 is 0 Å². The molecule has 0 aromatic rings. The number of unbranched alkanes of at least 4 members (excludes halogenated alkanes) is 41. The molecule has 0 aliphatic rings. The van der Waals surface area contributed by atoms with Gasteiger partial charge in [0, 0.05) is 6.42 Å². The number of carbonyl (C=O) groups is 1. The number of rotatable bonds is 50. The first-order valence-corrected chi connectivity index (χ1v) is 26.9. The molecule has 0 aromatic heterocycles. The van der Waals surface area contributed by atoms with Crippen molar-refractivity contribution in [3.8, 4) is 0 Å². The van der Waals surface area contributed by atoms with Crippen molar-refractivity contribution >= 4 is 5.91 Å². The Kier molecular flexibility index (Phi) is 49.7. The third kappa shape index (κ3) is 46.2. The lowest BCUT2D eigenvalue weighted by Gasteiger charge is -2.22. The van der Waals surface area contributed by atoms with Crippen molar-refractivity contribution < 1.29 is 15.0 Å². The minimum Gasteiger partial charge on any atom is -0.394 e. The summed E-state index contributed by atoms with van der Waals surface area (Å²) < 4.78 is 0. The van der Waals surface area contributed by atoms with E-state index in [-0.39, 0.29) is 12.5 Å². The van der Waals surface area contributed by atoms with Gasteiger partial charge in [-0.15, -0.1) is 0 Å². The Morgan fingerprint density at radius 3 is 0.948 bits per heavy atom. The Morgan fingerprint density at radius 1 is 0.397 bits per heavy atom. The summed E-state index contributed by atoms with van der Waals surface area (Å²) in [5, 5.41) is 23.2. The van der Waals surface area contributed by atoms with Crippen LogP contribution in [-0.4, -0.2) is 34.9 Å². The summed E-state index contributed by atoms with van der Waals surface area (Å²) in [6, 6.07) is -0.531. The SMILES string of the molecule is CCCCCCCCCCCCCCCC/C=C\CCCCCCCCCCCCCCCCCCCC(=O)NC(CO)C(O)CCCCCCCCCCCCC. The predicted octanol–water partition coefficient (Wildman–Crippen LogP) is 17.4. The molecule has 0 aliphatic carbocycles. The van der Waals surface area contributed by atoms with Crippen molar-refractivity contribution in [3.63, 3.8) is 0 Å². The van der Waals surface area contributed by atoms with E-state index in [1.54, 1.807) is 0 Å². The van der Waals surface area contributed by atoms with Crippen molar-refractivity contribution in [1.82, 2.24) is 5.32 Å². The van der Waals surface area contributed by atoms with Gasteiger partial charge in [0.15, 0.2) is 0 Å². The van der Waals surface area contributed by atoms with Crippen LogP contribution in [0.3, 0.4) is 0 Å². The van der Waals surface area contributed by atoms with E-state index in [0.717, 1.165) is 25.7 Å². The van der Waals surface area contributed by atoms with Crippen LogP contribution in [0.1, 0.15) is 309 Å². The monoisotopic (exact) mass is 818 g/mol. The van der Waals surface area contributed by atoms with E-state index in [9.17, 15) is 15.0 Å². The number of carbonyl (C=O) groups excluding carboxylic acids is 1. The lowest BCUT2D eigenvalue weighted by Crippen LogP contribution is -2.45. The molecule has 58 heavy (non-hydrogen) atoms. The largest absolute Gasteiger partial charge is 0.394 e. The van der Waals surface area contributed by atoms with Crippen LogP contribution in [0.15, 0.2) is 12.2 Å². The van der Waals surface area contributed by atoms with Crippen molar-refractivity contribution in [2.24, 2.45) is 0 Å². The first kappa shape index (κ1) is 57.1. The molecule has 0 saturated carbocycles. The van der Waals surface area contributed by atoms with Crippen LogP contribution in [0.4, 0.5) is 0 Å². The number of aliphatic hydroxyl groups is 2. The lowest BCUT2D eigenvalue weighted by molar-refractivity contribution is -0.123. The first-order valence-electron chi connectivity index (χ1n) is 26.9. The predicted molar refractivity (Wildman–Crippen MR) is 258 cm³/mol. The molecular weight excluding hydrogens is 711 g/mol. The summed E-state index contributed by atoms with van der Waals surface area (Å²) >= 11 is 0. The van der Waals surface area contributed by atoms with E-state index in [1.807, 2.05) is 0 Å². The van der Waals surface area contributed by atoms with E-state index in [2.05, 4.69) is 31.3 Å². The fraction of sp³-hybridized carbons (Fsp3) is 0.944. The highest BCUT2D eigenvalue weighted by Gasteiger charge is 2.20. The Morgan fingerprint density at radius 2 is 0.655 bits per heavy atom. The molecule has 4 nitrogen and oxygen atoms in total. The second kappa shape index (κ2) is 50.5.